The van der Waals surface area contributed by atoms with Gasteiger partial charge in [0, 0.05) is 6.42 Å². The summed E-state index contributed by atoms with van der Waals surface area (Å²) in [5.41, 5.74) is -1.20. The zero-order chi connectivity index (χ0) is 9.69. The van der Waals surface area contributed by atoms with Crippen molar-refractivity contribution >= 4 is 5.97 Å². The number of carbonyl (C=O) groups excluding carboxylic acids is 1. The molecule has 2 heterocycles. The number of epoxide rings is 1. The van der Waals surface area contributed by atoms with Crippen molar-refractivity contribution in [1.82, 2.24) is 0 Å². The summed E-state index contributed by atoms with van der Waals surface area (Å²) in [4.78, 5) is 11.4. The number of esters is 1. The van der Waals surface area contributed by atoms with Gasteiger partial charge in [-0.15, -0.1) is 0 Å². The molecule has 0 aromatic rings. The molecule has 0 bridgehead atoms. The Kier molecular flexibility index (Phi) is 1.69. The highest BCUT2D eigenvalue weighted by Gasteiger charge is 2.76. The molecule has 3 unspecified atom stereocenters. The van der Waals surface area contributed by atoms with E-state index in [-0.39, 0.29) is 12.1 Å². The average Bonchev–Trinajstić information content (AvgIpc) is 2.56. The van der Waals surface area contributed by atoms with Gasteiger partial charge in [0.1, 0.15) is 5.60 Å². The first-order valence-electron chi connectivity index (χ1n) is 4.47. The Morgan fingerprint density at radius 1 is 1.62 bits per heavy atom. The summed E-state index contributed by atoms with van der Waals surface area (Å²) in [6.07, 6.45) is 0.761. The smallest absolute Gasteiger partial charge is 0.341 e. The van der Waals surface area contributed by atoms with E-state index >= 15 is 0 Å². The van der Waals surface area contributed by atoms with Crippen LogP contribution in [0.2, 0.25) is 0 Å². The molecule has 0 saturated carbocycles. The fourth-order valence-corrected chi connectivity index (χ4v) is 2.23. The molecule has 74 valence electrons. The van der Waals surface area contributed by atoms with Gasteiger partial charge in [0.2, 0.25) is 0 Å². The highest BCUT2D eigenvalue weighted by Crippen LogP contribution is 2.56. The summed E-state index contributed by atoms with van der Waals surface area (Å²) < 4.78 is 15.6. The molecule has 2 aliphatic heterocycles. The molecular formula is C9H14O4. The molecule has 0 aliphatic carbocycles. The van der Waals surface area contributed by atoms with Crippen LogP contribution in [-0.4, -0.2) is 37.0 Å². The first-order valence-corrected chi connectivity index (χ1v) is 4.47. The van der Waals surface area contributed by atoms with Crippen molar-refractivity contribution in [3.63, 3.8) is 0 Å². The van der Waals surface area contributed by atoms with Gasteiger partial charge < -0.3 is 14.2 Å². The molecule has 2 aliphatic rings. The van der Waals surface area contributed by atoms with Crippen LogP contribution in [0.3, 0.4) is 0 Å². The van der Waals surface area contributed by atoms with Crippen LogP contribution in [0.25, 0.3) is 0 Å². The number of carbonyl (C=O) groups is 1. The molecule has 2 rings (SSSR count). The first-order chi connectivity index (χ1) is 6.07. The zero-order valence-corrected chi connectivity index (χ0v) is 8.12. The average molecular weight is 186 g/mol. The predicted octanol–water partition coefficient (Wildman–Crippen LogP) is 0.496. The van der Waals surface area contributed by atoms with Crippen LogP contribution in [0, 0.1) is 0 Å². The lowest BCUT2D eigenvalue weighted by atomic mass is 9.89. The largest absolute Gasteiger partial charge is 0.467 e. The number of methoxy groups -OCH3 is 1. The van der Waals surface area contributed by atoms with Gasteiger partial charge in [-0.05, 0) is 13.8 Å². The van der Waals surface area contributed by atoms with Gasteiger partial charge in [-0.25, -0.2) is 4.79 Å². The van der Waals surface area contributed by atoms with Crippen LogP contribution in [0.15, 0.2) is 0 Å². The summed E-state index contributed by atoms with van der Waals surface area (Å²) in [6.45, 7) is 4.36. The van der Waals surface area contributed by atoms with Gasteiger partial charge in [-0.2, -0.15) is 0 Å². The Hall–Kier alpha value is -0.610. The topological polar surface area (TPSA) is 48.1 Å². The minimum Gasteiger partial charge on any atom is -0.467 e. The Labute approximate surface area is 77.1 Å². The molecule has 3 atom stereocenters. The number of rotatable bonds is 1. The van der Waals surface area contributed by atoms with Gasteiger partial charge in [-0.3, -0.25) is 0 Å². The second-order valence-corrected chi connectivity index (χ2v) is 3.78. The quantitative estimate of drug-likeness (QED) is 0.442. The van der Waals surface area contributed by atoms with E-state index in [1.54, 1.807) is 6.92 Å². The van der Waals surface area contributed by atoms with Crippen molar-refractivity contribution < 1.29 is 19.0 Å². The van der Waals surface area contributed by atoms with Crippen LogP contribution < -0.4 is 0 Å². The minimum atomic E-state index is -0.780. The predicted molar refractivity (Wildman–Crippen MR) is 44.3 cm³/mol. The molecular weight excluding hydrogens is 172 g/mol. The zero-order valence-electron chi connectivity index (χ0n) is 8.12. The Bertz CT molecular complexity index is 252. The van der Waals surface area contributed by atoms with Crippen molar-refractivity contribution in [3.05, 3.63) is 0 Å². The molecule has 2 saturated heterocycles. The van der Waals surface area contributed by atoms with E-state index in [1.165, 1.54) is 7.11 Å². The van der Waals surface area contributed by atoms with E-state index < -0.39 is 11.2 Å². The van der Waals surface area contributed by atoms with Gasteiger partial charge >= 0.3 is 5.97 Å². The molecule has 0 radical (unpaired) electrons. The Morgan fingerprint density at radius 3 is 2.77 bits per heavy atom. The third-order valence-corrected chi connectivity index (χ3v) is 3.23. The van der Waals surface area contributed by atoms with Crippen molar-refractivity contribution in [2.45, 2.75) is 37.6 Å². The molecule has 0 aromatic heterocycles. The molecule has 13 heavy (non-hydrogen) atoms. The summed E-state index contributed by atoms with van der Waals surface area (Å²) in [5.74, 6) is -0.301. The lowest BCUT2D eigenvalue weighted by molar-refractivity contribution is -0.146. The molecule has 4 heteroatoms. The summed E-state index contributed by atoms with van der Waals surface area (Å²) in [6, 6.07) is 0. The van der Waals surface area contributed by atoms with Gasteiger partial charge in [0.15, 0.2) is 5.60 Å². The number of hydrogen-bond donors (Lipinski definition) is 0. The molecule has 2 fully saturated rings. The number of hydrogen-bond acceptors (Lipinski definition) is 4. The minimum absolute atomic E-state index is 0.0170. The van der Waals surface area contributed by atoms with Crippen LogP contribution in [0.4, 0.5) is 0 Å². The van der Waals surface area contributed by atoms with Crippen molar-refractivity contribution in [3.8, 4) is 0 Å². The standard InChI is InChI=1S/C9H14O4/c1-6-9(4-5-12-6)8(2,13-9)7(10)11-3/h6H,4-5H2,1-3H3. The molecule has 0 amide bonds. The molecule has 1 spiro atoms. The van der Waals surface area contributed by atoms with Gasteiger partial charge in [0.25, 0.3) is 0 Å². The highest BCUT2D eigenvalue weighted by molar-refractivity contribution is 5.84. The van der Waals surface area contributed by atoms with E-state index in [9.17, 15) is 4.79 Å². The van der Waals surface area contributed by atoms with Crippen LogP contribution in [0.5, 0.6) is 0 Å². The van der Waals surface area contributed by atoms with Crippen molar-refractivity contribution in [2.75, 3.05) is 13.7 Å². The maximum absolute atomic E-state index is 11.4. The van der Waals surface area contributed by atoms with Crippen LogP contribution in [0.1, 0.15) is 20.3 Å². The second kappa shape index (κ2) is 2.45. The number of ether oxygens (including phenoxy) is 3. The first kappa shape index (κ1) is 8.97. The van der Waals surface area contributed by atoms with Crippen molar-refractivity contribution in [1.29, 1.82) is 0 Å². The Morgan fingerprint density at radius 2 is 2.31 bits per heavy atom. The second-order valence-electron chi connectivity index (χ2n) is 3.78. The summed E-state index contributed by atoms with van der Waals surface area (Å²) in [5, 5.41) is 0. The third-order valence-electron chi connectivity index (χ3n) is 3.23. The molecule has 0 aromatic carbocycles. The fourth-order valence-electron chi connectivity index (χ4n) is 2.23. The fraction of sp³-hybridized carbons (Fsp3) is 0.889. The summed E-state index contributed by atoms with van der Waals surface area (Å²) in [7, 11) is 1.38. The van der Waals surface area contributed by atoms with E-state index in [1.807, 2.05) is 6.92 Å². The molecule has 4 nitrogen and oxygen atoms in total. The SMILES string of the molecule is COC(=O)C1(C)OC12CCOC2C. The third kappa shape index (κ3) is 0.901. The van der Waals surface area contributed by atoms with E-state index in [2.05, 4.69) is 0 Å². The maximum atomic E-state index is 11.4. The van der Waals surface area contributed by atoms with Crippen LogP contribution >= 0.6 is 0 Å². The van der Waals surface area contributed by atoms with Crippen LogP contribution in [-0.2, 0) is 19.0 Å². The molecule has 0 N–H and O–H groups in total. The van der Waals surface area contributed by atoms with Gasteiger partial charge in [-0.1, -0.05) is 0 Å². The lowest BCUT2D eigenvalue weighted by Gasteiger charge is -2.12. The van der Waals surface area contributed by atoms with Gasteiger partial charge in [0.05, 0.1) is 19.8 Å². The van der Waals surface area contributed by atoms with E-state index in [4.69, 9.17) is 14.2 Å². The lowest BCUT2D eigenvalue weighted by Crippen LogP contribution is -2.36. The maximum Gasteiger partial charge on any atom is 0.341 e. The highest BCUT2D eigenvalue weighted by atomic mass is 16.7. The Balaban J connectivity index is 2.19. The normalized spacial score (nSPS) is 48.1. The monoisotopic (exact) mass is 186 g/mol. The van der Waals surface area contributed by atoms with E-state index in [0.29, 0.717) is 6.61 Å². The van der Waals surface area contributed by atoms with E-state index in [0.717, 1.165) is 6.42 Å². The summed E-state index contributed by atoms with van der Waals surface area (Å²) >= 11 is 0. The van der Waals surface area contributed by atoms with Crippen molar-refractivity contribution in [2.24, 2.45) is 0 Å².